The van der Waals surface area contributed by atoms with E-state index in [4.69, 9.17) is 14.6 Å². The molecule has 0 fully saturated rings. The topological polar surface area (TPSA) is 84.9 Å². The molecule has 0 unspecified atom stereocenters. The lowest BCUT2D eigenvalue weighted by Gasteiger charge is -2.08. The highest BCUT2D eigenvalue weighted by atomic mass is 19.4. The highest BCUT2D eigenvalue weighted by Crippen LogP contribution is 2.23. The Morgan fingerprint density at radius 1 is 1.39 bits per heavy atom. The Morgan fingerprint density at radius 2 is 2.00 bits per heavy atom. The fourth-order valence-corrected chi connectivity index (χ4v) is 1.64. The number of carboxylic acid groups (broad SMARTS) is 1. The Kier molecular flexibility index (Phi) is 6.38. The van der Waals surface area contributed by atoms with Crippen LogP contribution >= 0.6 is 0 Å². The van der Waals surface area contributed by atoms with Gasteiger partial charge in [-0.3, -0.25) is 0 Å². The molecule has 9 heteroatoms. The molecule has 0 radical (unpaired) electrons. The number of esters is 1. The van der Waals surface area contributed by atoms with Crippen molar-refractivity contribution in [3.63, 3.8) is 0 Å². The third-order valence-electron chi connectivity index (χ3n) is 2.86. The molecule has 1 aromatic rings. The number of hydrogen-bond acceptors (Lipinski definition) is 5. The molecule has 0 saturated carbocycles. The molecule has 0 spiro atoms. The summed E-state index contributed by atoms with van der Waals surface area (Å²) < 4.78 is 42.0. The molecule has 0 aromatic heterocycles. The lowest BCUT2D eigenvalue weighted by Crippen LogP contribution is -2.28. The highest BCUT2D eigenvalue weighted by molar-refractivity contribution is 5.89. The second-order valence-corrected chi connectivity index (χ2v) is 4.71. The Bertz CT molecular complexity index is 574. The van der Waals surface area contributed by atoms with Crippen molar-refractivity contribution in [3.8, 4) is 5.75 Å². The quantitative estimate of drug-likeness (QED) is 0.764. The summed E-state index contributed by atoms with van der Waals surface area (Å²) in [7, 11) is 1.37. The van der Waals surface area contributed by atoms with E-state index in [0.29, 0.717) is 18.2 Å². The first-order valence-electron chi connectivity index (χ1n) is 6.52. The van der Waals surface area contributed by atoms with E-state index >= 15 is 0 Å². The Hall–Kier alpha value is -2.29. The third-order valence-corrected chi connectivity index (χ3v) is 2.86. The fourth-order valence-electron chi connectivity index (χ4n) is 1.64. The molecule has 2 rings (SSSR count). The molecule has 0 amide bonds. The monoisotopic (exact) mass is 335 g/mol. The van der Waals surface area contributed by atoms with Crippen molar-refractivity contribution in [2.24, 2.45) is 0 Å². The van der Waals surface area contributed by atoms with Gasteiger partial charge < -0.3 is 19.9 Å². The number of hydrogen-bond donors (Lipinski definition) is 2. The largest absolute Gasteiger partial charge is 0.492 e. The number of alkyl halides is 3. The van der Waals surface area contributed by atoms with Gasteiger partial charge in [-0.2, -0.15) is 13.2 Å². The summed E-state index contributed by atoms with van der Waals surface area (Å²) in [6.45, 7) is 3.43. The Labute approximate surface area is 130 Å². The second kappa shape index (κ2) is 7.82. The van der Waals surface area contributed by atoms with Gasteiger partial charge in [-0.1, -0.05) is 6.07 Å². The van der Waals surface area contributed by atoms with Crippen molar-refractivity contribution >= 4 is 11.9 Å². The van der Waals surface area contributed by atoms with Crippen LogP contribution in [0.5, 0.6) is 5.75 Å². The summed E-state index contributed by atoms with van der Waals surface area (Å²) in [4.78, 5) is 20.3. The second-order valence-electron chi connectivity index (χ2n) is 4.71. The summed E-state index contributed by atoms with van der Waals surface area (Å²) in [5.74, 6) is -2.33. The number of carboxylic acids is 1. The van der Waals surface area contributed by atoms with E-state index in [2.05, 4.69) is 17.0 Å². The minimum Gasteiger partial charge on any atom is -0.492 e. The number of rotatable bonds is 1. The molecule has 1 atom stereocenters. The van der Waals surface area contributed by atoms with Crippen LogP contribution in [-0.2, 0) is 16.1 Å². The Balaban J connectivity index is 0.000000322. The number of carbonyl (C=O) groups excluding carboxylic acids is 1. The molecule has 1 heterocycles. The van der Waals surface area contributed by atoms with Gasteiger partial charge in [-0.15, -0.1) is 0 Å². The molecule has 128 valence electrons. The van der Waals surface area contributed by atoms with Crippen molar-refractivity contribution in [2.75, 3.05) is 13.7 Å². The van der Waals surface area contributed by atoms with E-state index in [1.54, 1.807) is 12.1 Å². The first-order valence-corrected chi connectivity index (χ1v) is 6.52. The summed E-state index contributed by atoms with van der Waals surface area (Å²) in [6, 6.07) is 5.70. The van der Waals surface area contributed by atoms with Crippen LogP contribution in [-0.4, -0.2) is 43.0 Å². The van der Waals surface area contributed by atoms with Crippen molar-refractivity contribution < 1.29 is 37.3 Å². The van der Waals surface area contributed by atoms with Crippen LogP contribution in [0.3, 0.4) is 0 Å². The molecular formula is C14H16F3NO5. The highest BCUT2D eigenvalue weighted by Gasteiger charge is 2.38. The number of ether oxygens (including phenoxy) is 2. The van der Waals surface area contributed by atoms with Crippen LogP contribution in [0.1, 0.15) is 22.8 Å². The van der Waals surface area contributed by atoms with E-state index in [9.17, 15) is 18.0 Å². The predicted molar refractivity (Wildman–Crippen MR) is 73.3 cm³/mol. The molecule has 2 N–H and O–H groups in total. The van der Waals surface area contributed by atoms with Gasteiger partial charge in [-0.05, 0) is 19.1 Å². The van der Waals surface area contributed by atoms with Gasteiger partial charge in [0, 0.05) is 18.2 Å². The van der Waals surface area contributed by atoms with Gasteiger partial charge in [0.15, 0.2) is 0 Å². The molecule has 6 nitrogen and oxygen atoms in total. The number of fused-ring (bicyclic) bond motifs is 1. The minimum atomic E-state index is -5.08. The molecule has 0 bridgehead atoms. The molecule has 1 aliphatic heterocycles. The van der Waals surface area contributed by atoms with Crippen LogP contribution in [0.25, 0.3) is 0 Å². The summed E-state index contributed by atoms with van der Waals surface area (Å²) in [6.07, 6.45) is -5.08. The van der Waals surface area contributed by atoms with E-state index in [1.807, 2.05) is 6.07 Å². The molecule has 1 aliphatic rings. The van der Waals surface area contributed by atoms with Gasteiger partial charge in [0.05, 0.1) is 12.7 Å². The standard InChI is InChI=1S/C12H15NO3.C2HF3O2/c1-8-7-16-11-5-9(12(14)15-2)3-4-10(11)6-13-8;3-2(4,5)1(6)7/h3-5,8,13H,6-7H2,1-2H3;(H,6,7)/t8-;/m0./s1. The fraction of sp³-hybridized carbons (Fsp3) is 0.429. The molecular weight excluding hydrogens is 319 g/mol. The van der Waals surface area contributed by atoms with Gasteiger partial charge in [0.2, 0.25) is 0 Å². The summed E-state index contributed by atoms with van der Waals surface area (Å²) >= 11 is 0. The lowest BCUT2D eigenvalue weighted by molar-refractivity contribution is -0.192. The number of carbonyl (C=O) groups is 2. The van der Waals surface area contributed by atoms with Crippen LogP contribution in [0, 0.1) is 0 Å². The van der Waals surface area contributed by atoms with Gasteiger partial charge in [-0.25, -0.2) is 9.59 Å². The first kappa shape index (κ1) is 18.8. The van der Waals surface area contributed by atoms with Gasteiger partial charge >= 0.3 is 18.1 Å². The average Bonchev–Trinajstić information content (AvgIpc) is 2.67. The first-order chi connectivity index (χ1) is 10.6. The van der Waals surface area contributed by atoms with E-state index in [0.717, 1.165) is 17.9 Å². The maximum atomic E-state index is 11.4. The number of nitrogens with one attached hydrogen (secondary N) is 1. The zero-order chi connectivity index (χ0) is 17.6. The molecule has 1 aromatic carbocycles. The lowest BCUT2D eigenvalue weighted by atomic mass is 10.1. The van der Waals surface area contributed by atoms with Crippen molar-refractivity contribution in [1.82, 2.24) is 5.32 Å². The molecule has 23 heavy (non-hydrogen) atoms. The minimum absolute atomic E-state index is 0.314. The van der Waals surface area contributed by atoms with Crippen LogP contribution in [0.2, 0.25) is 0 Å². The van der Waals surface area contributed by atoms with Gasteiger partial charge in [0.25, 0.3) is 0 Å². The number of halogens is 3. The summed E-state index contributed by atoms with van der Waals surface area (Å²) in [5.41, 5.74) is 1.59. The molecule has 0 saturated heterocycles. The SMILES string of the molecule is COC(=O)c1ccc2c(c1)OC[C@H](C)NC2.O=C(O)C(F)(F)F. The smallest absolute Gasteiger partial charge is 0.490 e. The van der Waals surface area contributed by atoms with Crippen LogP contribution < -0.4 is 10.1 Å². The maximum absolute atomic E-state index is 11.4. The Morgan fingerprint density at radius 3 is 2.52 bits per heavy atom. The summed E-state index contributed by atoms with van der Waals surface area (Å²) in [5, 5.41) is 10.4. The third kappa shape index (κ3) is 5.78. The number of benzene rings is 1. The number of aliphatic carboxylic acids is 1. The van der Waals surface area contributed by atoms with Crippen molar-refractivity contribution in [1.29, 1.82) is 0 Å². The van der Waals surface area contributed by atoms with Crippen LogP contribution in [0.15, 0.2) is 18.2 Å². The molecule has 0 aliphatic carbocycles. The van der Waals surface area contributed by atoms with Gasteiger partial charge in [0.1, 0.15) is 12.4 Å². The predicted octanol–water partition coefficient (Wildman–Crippen LogP) is 1.98. The average molecular weight is 335 g/mol. The van der Waals surface area contributed by atoms with E-state index in [1.165, 1.54) is 7.11 Å². The number of methoxy groups -OCH3 is 1. The van der Waals surface area contributed by atoms with Crippen molar-refractivity contribution in [2.45, 2.75) is 25.7 Å². The van der Waals surface area contributed by atoms with E-state index in [-0.39, 0.29) is 5.97 Å². The van der Waals surface area contributed by atoms with Crippen molar-refractivity contribution in [3.05, 3.63) is 29.3 Å². The maximum Gasteiger partial charge on any atom is 0.490 e. The van der Waals surface area contributed by atoms with E-state index < -0.39 is 12.1 Å². The zero-order valence-corrected chi connectivity index (χ0v) is 12.4. The normalized spacial score (nSPS) is 16.8. The van der Waals surface area contributed by atoms with Crippen LogP contribution in [0.4, 0.5) is 13.2 Å². The zero-order valence-electron chi connectivity index (χ0n) is 12.4.